The van der Waals surface area contributed by atoms with E-state index in [1.807, 2.05) is 56.3 Å². The van der Waals surface area contributed by atoms with E-state index in [9.17, 15) is 4.79 Å². The van der Waals surface area contributed by atoms with Crippen LogP contribution in [-0.4, -0.2) is 14.6 Å². The molecule has 2 heterocycles. The van der Waals surface area contributed by atoms with E-state index < -0.39 is 0 Å². The molecule has 5 nitrogen and oxygen atoms in total. The van der Waals surface area contributed by atoms with Crippen molar-refractivity contribution in [2.45, 2.75) is 20.0 Å². The van der Waals surface area contributed by atoms with Gasteiger partial charge in [0.15, 0.2) is 5.01 Å². The minimum Gasteiger partial charge on any atom is -0.483 e. The van der Waals surface area contributed by atoms with Crippen LogP contribution >= 0.6 is 11.3 Å². The summed E-state index contributed by atoms with van der Waals surface area (Å²) in [7, 11) is 0. The van der Waals surface area contributed by atoms with Gasteiger partial charge in [-0.2, -0.15) is 9.61 Å². The second-order valence-corrected chi connectivity index (χ2v) is 6.58. The summed E-state index contributed by atoms with van der Waals surface area (Å²) in [5, 5.41) is 5.71. The van der Waals surface area contributed by atoms with Gasteiger partial charge in [-0.05, 0) is 37.6 Å². The van der Waals surface area contributed by atoms with Crippen LogP contribution in [-0.2, 0) is 0 Å². The Kier molecular flexibility index (Phi) is 3.54. The second kappa shape index (κ2) is 5.72. The van der Waals surface area contributed by atoms with Crippen LogP contribution in [0.3, 0.4) is 0 Å². The molecule has 2 aromatic carbocycles. The van der Waals surface area contributed by atoms with Crippen LogP contribution in [0.25, 0.3) is 15.9 Å². The van der Waals surface area contributed by atoms with E-state index >= 15 is 0 Å². The van der Waals surface area contributed by atoms with E-state index in [4.69, 9.17) is 4.74 Å². The van der Waals surface area contributed by atoms with E-state index in [2.05, 4.69) is 10.1 Å². The number of hydrogen-bond acceptors (Lipinski definition) is 5. The molecule has 0 aliphatic carbocycles. The Morgan fingerprint density at radius 3 is 2.71 bits per heavy atom. The van der Waals surface area contributed by atoms with Gasteiger partial charge in [0.2, 0.25) is 4.96 Å². The van der Waals surface area contributed by atoms with E-state index in [0.29, 0.717) is 15.9 Å². The molecule has 4 aromatic rings. The number of ether oxygens (including phenoxy) is 1. The predicted octanol–water partition coefficient (Wildman–Crippen LogP) is 3.75. The van der Waals surface area contributed by atoms with Crippen LogP contribution < -0.4 is 10.3 Å². The number of benzene rings is 2. The molecule has 6 heteroatoms. The molecule has 0 aliphatic rings. The van der Waals surface area contributed by atoms with Crippen molar-refractivity contribution in [3.05, 3.63) is 69.5 Å². The first-order valence-corrected chi connectivity index (χ1v) is 8.46. The molecule has 0 N–H and O–H groups in total. The van der Waals surface area contributed by atoms with Crippen molar-refractivity contribution >= 4 is 27.2 Å². The van der Waals surface area contributed by atoms with Crippen molar-refractivity contribution in [3.63, 3.8) is 0 Å². The van der Waals surface area contributed by atoms with Crippen LogP contribution in [0.5, 0.6) is 5.75 Å². The van der Waals surface area contributed by atoms with Gasteiger partial charge >= 0.3 is 0 Å². The number of hydrogen-bond donors (Lipinski definition) is 0. The van der Waals surface area contributed by atoms with Gasteiger partial charge in [0.1, 0.15) is 11.9 Å². The van der Waals surface area contributed by atoms with Crippen molar-refractivity contribution in [1.29, 1.82) is 0 Å². The number of rotatable bonds is 3. The highest BCUT2D eigenvalue weighted by Crippen LogP contribution is 2.27. The quantitative estimate of drug-likeness (QED) is 0.571. The summed E-state index contributed by atoms with van der Waals surface area (Å²) < 4.78 is 7.36. The number of fused-ring (bicyclic) bond motifs is 2. The lowest BCUT2D eigenvalue weighted by Crippen LogP contribution is -2.15. The number of nitrogens with zero attached hydrogens (tertiary/aromatic N) is 3. The van der Waals surface area contributed by atoms with Crippen molar-refractivity contribution in [2.24, 2.45) is 0 Å². The van der Waals surface area contributed by atoms with Crippen LogP contribution in [0, 0.1) is 6.92 Å². The van der Waals surface area contributed by atoms with Gasteiger partial charge < -0.3 is 4.74 Å². The molecule has 2 aromatic heterocycles. The van der Waals surface area contributed by atoms with Crippen LogP contribution in [0.15, 0.2) is 53.3 Å². The molecule has 0 saturated heterocycles. The van der Waals surface area contributed by atoms with Gasteiger partial charge in [-0.1, -0.05) is 41.7 Å². The van der Waals surface area contributed by atoms with E-state index in [-0.39, 0.29) is 11.7 Å². The molecule has 24 heavy (non-hydrogen) atoms. The summed E-state index contributed by atoms with van der Waals surface area (Å²) in [5.41, 5.74) is 1.60. The maximum atomic E-state index is 12.6. The van der Waals surface area contributed by atoms with E-state index in [1.54, 1.807) is 6.07 Å². The van der Waals surface area contributed by atoms with Gasteiger partial charge in [-0.25, -0.2) is 4.98 Å². The van der Waals surface area contributed by atoms with Gasteiger partial charge in [0.05, 0.1) is 10.9 Å². The maximum Gasteiger partial charge on any atom is 0.283 e. The molecule has 1 atom stereocenters. The summed E-state index contributed by atoms with van der Waals surface area (Å²) >= 11 is 1.38. The topological polar surface area (TPSA) is 56.5 Å². The molecule has 0 aliphatic heterocycles. The minimum atomic E-state index is -0.264. The summed E-state index contributed by atoms with van der Waals surface area (Å²) in [4.78, 5) is 17.7. The highest BCUT2D eigenvalue weighted by Gasteiger charge is 2.17. The first-order valence-electron chi connectivity index (χ1n) is 7.64. The van der Waals surface area contributed by atoms with Gasteiger partial charge in [-0.15, -0.1) is 0 Å². The Morgan fingerprint density at radius 1 is 1.12 bits per heavy atom. The summed E-state index contributed by atoms with van der Waals surface area (Å²) in [5.74, 6) is 0.815. The standard InChI is InChI=1S/C18H15N3O2S/c1-11-7-3-6-10-15(11)23-12(2)16-20-21-17(22)13-8-4-5-9-14(13)19-18(21)24-16/h3-10,12H,1-2H3/t12-/m0/s1. The SMILES string of the molecule is Cc1ccccc1O[C@@H](C)c1nn2c(=O)c3ccccc3nc2s1. The lowest BCUT2D eigenvalue weighted by molar-refractivity contribution is 0.223. The second-order valence-electron chi connectivity index (χ2n) is 5.59. The molecule has 4 rings (SSSR count). The Balaban J connectivity index is 1.77. The third-order valence-corrected chi connectivity index (χ3v) is 4.93. The Labute approximate surface area is 142 Å². The fourth-order valence-corrected chi connectivity index (χ4v) is 3.44. The maximum absolute atomic E-state index is 12.6. The van der Waals surface area contributed by atoms with Crippen LogP contribution in [0.2, 0.25) is 0 Å². The third-order valence-electron chi connectivity index (χ3n) is 3.86. The zero-order valence-corrected chi connectivity index (χ0v) is 14.1. The van der Waals surface area contributed by atoms with Crippen LogP contribution in [0.4, 0.5) is 0 Å². The normalized spacial score (nSPS) is 12.6. The first kappa shape index (κ1) is 14.8. The molecule has 0 fully saturated rings. The lowest BCUT2D eigenvalue weighted by Gasteiger charge is -2.13. The molecule has 0 spiro atoms. The minimum absolute atomic E-state index is 0.152. The fourth-order valence-electron chi connectivity index (χ4n) is 2.56. The summed E-state index contributed by atoms with van der Waals surface area (Å²) in [6.07, 6.45) is -0.264. The molecule has 0 unspecified atom stereocenters. The highest BCUT2D eigenvalue weighted by molar-refractivity contribution is 7.16. The van der Waals surface area contributed by atoms with Crippen molar-refractivity contribution in [3.8, 4) is 5.75 Å². The Hall–Kier alpha value is -2.73. The van der Waals surface area contributed by atoms with Gasteiger partial charge in [0.25, 0.3) is 5.56 Å². The van der Waals surface area contributed by atoms with Crippen molar-refractivity contribution in [2.75, 3.05) is 0 Å². The molecule has 0 saturated carbocycles. The molecule has 0 radical (unpaired) electrons. The van der Waals surface area contributed by atoms with Gasteiger partial charge in [0, 0.05) is 0 Å². The molecule has 120 valence electrons. The highest BCUT2D eigenvalue weighted by atomic mass is 32.1. The van der Waals surface area contributed by atoms with E-state index in [0.717, 1.165) is 16.3 Å². The number of para-hydroxylation sites is 2. The first-order chi connectivity index (χ1) is 11.6. The molecular formula is C18H15N3O2S. The van der Waals surface area contributed by atoms with Crippen molar-refractivity contribution in [1.82, 2.24) is 14.6 Å². The molecule has 0 bridgehead atoms. The fraction of sp³-hybridized carbons (Fsp3) is 0.167. The molecule has 0 amide bonds. The lowest BCUT2D eigenvalue weighted by atomic mass is 10.2. The zero-order valence-electron chi connectivity index (χ0n) is 13.3. The number of aromatic nitrogens is 3. The largest absolute Gasteiger partial charge is 0.483 e. The zero-order chi connectivity index (χ0) is 16.7. The predicted molar refractivity (Wildman–Crippen MR) is 94.9 cm³/mol. The molecular weight excluding hydrogens is 322 g/mol. The Morgan fingerprint density at radius 2 is 1.88 bits per heavy atom. The Bertz CT molecular complexity index is 1100. The third kappa shape index (κ3) is 2.45. The van der Waals surface area contributed by atoms with Crippen molar-refractivity contribution < 1.29 is 4.74 Å². The monoisotopic (exact) mass is 337 g/mol. The number of aryl methyl sites for hydroxylation is 1. The van der Waals surface area contributed by atoms with Crippen LogP contribution in [0.1, 0.15) is 23.6 Å². The summed E-state index contributed by atoms with van der Waals surface area (Å²) in [6, 6.07) is 15.1. The van der Waals surface area contributed by atoms with Gasteiger partial charge in [-0.3, -0.25) is 4.79 Å². The smallest absolute Gasteiger partial charge is 0.283 e. The average molecular weight is 337 g/mol. The average Bonchev–Trinajstić information content (AvgIpc) is 3.02. The summed E-state index contributed by atoms with van der Waals surface area (Å²) in [6.45, 7) is 3.92. The van der Waals surface area contributed by atoms with E-state index in [1.165, 1.54) is 15.9 Å².